The van der Waals surface area contributed by atoms with E-state index in [0.29, 0.717) is 6.42 Å². The number of hydrogen-bond donors (Lipinski definition) is 1. The molecule has 5 nitrogen and oxygen atoms in total. The molecule has 15 heavy (non-hydrogen) atoms. The van der Waals surface area contributed by atoms with Crippen molar-refractivity contribution in [2.75, 3.05) is 20.1 Å². The van der Waals surface area contributed by atoms with E-state index in [1.54, 1.807) is 11.9 Å². The van der Waals surface area contributed by atoms with Crippen LogP contribution in [0.3, 0.4) is 0 Å². The summed E-state index contributed by atoms with van der Waals surface area (Å²) < 4.78 is 0. The molecule has 2 fully saturated rings. The molecule has 1 N–H and O–H groups in total. The summed E-state index contributed by atoms with van der Waals surface area (Å²) in [5.74, 6) is -0.724. The lowest BCUT2D eigenvalue weighted by atomic mass is 10.1. The fraction of sp³-hybridized carbons (Fsp3) is 0.800. The first-order chi connectivity index (χ1) is 7.11. The Balaban J connectivity index is 2.10. The van der Waals surface area contributed by atoms with E-state index in [0.717, 1.165) is 25.9 Å². The molecule has 0 saturated carbocycles. The zero-order valence-electron chi connectivity index (χ0n) is 8.85. The van der Waals surface area contributed by atoms with E-state index in [9.17, 15) is 9.59 Å². The average molecular weight is 212 g/mol. The summed E-state index contributed by atoms with van der Waals surface area (Å²) in [5, 5.41) is 9.03. The van der Waals surface area contributed by atoms with Crippen molar-refractivity contribution in [3.8, 4) is 0 Å². The molecule has 2 saturated heterocycles. The van der Waals surface area contributed by atoms with Gasteiger partial charge in [0, 0.05) is 13.6 Å². The maximum atomic E-state index is 11.8. The molecule has 2 heterocycles. The van der Waals surface area contributed by atoms with Crippen LogP contribution in [0.1, 0.15) is 19.3 Å². The highest BCUT2D eigenvalue weighted by molar-refractivity contribution is 5.85. The normalized spacial score (nSPS) is 32.6. The van der Waals surface area contributed by atoms with Gasteiger partial charge in [-0.1, -0.05) is 0 Å². The van der Waals surface area contributed by atoms with Gasteiger partial charge in [0.2, 0.25) is 5.91 Å². The first-order valence-corrected chi connectivity index (χ1v) is 5.35. The summed E-state index contributed by atoms with van der Waals surface area (Å²) in [6.07, 6.45) is 2.31. The molecule has 84 valence electrons. The molecule has 0 aromatic carbocycles. The van der Waals surface area contributed by atoms with E-state index >= 15 is 0 Å². The SMILES string of the molecule is CN1CCC(N2CCCC2C(=O)O)C1=O. The average Bonchev–Trinajstić information content (AvgIpc) is 2.75. The summed E-state index contributed by atoms with van der Waals surface area (Å²) in [6, 6.07) is -0.649. The van der Waals surface area contributed by atoms with Crippen LogP contribution in [0.4, 0.5) is 0 Å². The summed E-state index contributed by atoms with van der Waals surface area (Å²) >= 11 is 0. The number of likely N-dealkylation sites (tertiary alicyclic amines) is 2. The number of amides is 1. The van der Waals surface area contributed by atoms with Gasteiger partial charge in [0.05, 0.1) is 6.04 Å². The standard InChI is InChI=1S/C10H16N2O3/c1-11-6-4-7(9(11)13)12-5-2-3-8(12)10(14)15/h7-8H,2-6H2,1H3,(H,14,15). The molecule has 2 atom stereocenters. The number of carbonyl (C=O) groups is 2. The molecular formula is C10H16N2O3. The zero-order valence-corrected chi connectivity index (χ0v) is 8.85. The predicted molar refractivity (Wildman–Crippen MR) is 53.4 cm³/mol. The van der Waals surface area contributed by atoms with E-state index in [4.69, 9.17) is 5.11 Å². The van der Waals surface area contributed by atoms with Gasteiger partial charge < -0.3 is 10.0 Å². The minimum atomic E-state index is -0.796. The number of carboxylic acids is 1. The monoisotopic (exact) mass is 212 g/mol. The van der Waals surface area contributed by atoms with E-state index in [1.165, 1.54) is 0 Å². The second-order valence-electron chi connectivity index (χ2n) is 4.30. The van der Waals surface area contributed by atoms with Crippen molar-refractivity contribution in [1.29, 1.82) is 0 Å². The van der Waals surface area contributed by atoms with Gasteiger partial charge >= 0.3 is 5.97 Å². The number of carbonyl (C=O) groups excluding carboxylic acids is 1. The maximum Gasteiger partial charge on any atom is 0.320 e. The molecule has 1 amide bonds. The molecule has 2 aliphatic heterocycles. The Morgan fingerprint density at radius 1 is 1.40 bits per heavy atom. The molecule has 2 rings (SSSR count). The van der Waals surface area contributed by atoms with Crippen LogP contribution in [0.2, 0.25) is 0 Å². The highest BCUT2D eigenvalue weighted by Gasteiger charge is 2.41. The van der Waals surface area contributed by atoms with Crippen LogP contribution < -0.4 is 0 Å². The Labute approximate surface area is 88.6 Å². The van der Waals surface area contributed by atoms with E-state index < -0.39 is 12.0 Å². The van der Waals surface area contributed by atoms with Crippen LogP contribution in [0, 0.1) is 0 Å². The van der Waals surface area contributed by atoms with Crippen molar-refractivity contribution < 1.29 is 14.7 Å². The Morgan fingerprint density at radius 2 is 2.13 bits per heavy atom. The Hall–Kier alpha value is -1.10. The molecule has 5 heteroatoms. The number of likely N-dealkylation sites (N-methyl/N-ethyl adjacent to an activating group) is 1. The number of carboxylic acid groups (broad SMARTS) is 1. The molecule has 2 aliphatic rings. The van der Waals surface area contributed by atoms with Crippen LogP contribution >= 0.6 is 0 Å². The molecule has 0 spiro atoms. The van der Waals surface area contributed by atoms with Crippen molar-refractivity contribution in [1.82, 2.24) is 9.80 Å². The number of rotatable bonds is 2. The van der Waals surface area contributed by atoms with E-state index in [2.05, 4.69) is 0 Å². The third-order valence-corrected chi connectivity index (χ3v) is 3.38. The summed E-state index contributed by atoms with van der Waals surface area (Å²) in [7, 11) is 1.77. The number of aliphatic carboxylic acids is 1. The molecular weight excluding hydrogens is 196 g/mol. The summed E-state index contributed by atoms with van der Waals surface area (Å²) in [5.41, 5.74) is 0. The third-order valence-electron chi connectivity index (χ3n) is 3.38. The van der Waals surface area contributed by atoms with E-state index in [1.807, 2.05) is 4.90 Å². The van der Waals surface area contributed by atoms with E-state index in [-0.39, 0.29) is 11.9 Å². The lowest BCUT2D eigenvalue weighted by Gasteiger charge is -2.26. The molecule has 0 aromatic rings. The van der Waals surface area contributed by atoms with Crippen LogP contribution in [0.25, 0.3) is 0 Å². The second kappa shape index (κ2) is 3.81. The fourth-order valence-electron chi connectivity index (χ4n) is 2.54. The topological polar surface area (TPSA) is 60.9 Å². The predicted octanol–water partition coefficient (Wildman–Crippen LogP) is -0.234. The lowest BCUT2D eigenvalue weighted by Crippen LogP contribution is -2.46. The molecule has 0 aliphatic carbocycles. The van der Waals surface area contributed by atoms with Gasteiger partial charge in [0.15, 0.2) is 0 Å². The van der Waals surface area contributed by atoms with Crippen molar-refractivity contribution in [3.63, 3.8) is 0 Å². The summed E-state index contributed by atoms with van der Waals surface area (Å²) in [6.45, 7) is 1.48. The Morgan fingerprint density at radius 3 is 2.67 bits per heavy atom. The van der Waals surface area contributed by atoms with Gasteiger partial charge in [0.25, 0.3) is 0 Å². The minimum Gasteiger partial charge on any atom is -0.480 e. The van der Waals surface area contributed by atoms with Crippen LogP contribution in [0.15, 0.2) is 0 Å². The largest absolute Gasteiger partial charge is 0.480 e. The maximum absolute atomic E-state index is 11.8. The molecule has 0 bridgehead atoms. The summed E-state index contributed by atoms with van der Waals surface area (Å²) in [4.78, 5) is 26.3. The van der Waals surface area contributed by atoms with Gasteiger partial charge in [0.1, 0.15) is 6.04 Å². The van der Waals surface area contributed by atoms with Gasteiger partial charge in [-0.15, -0.1) is 0 Å². The highest BCUT2D eigenvalue weighted by atomic mass is 16.4. The third kappa shape index (κ3) is 1.71. The quantitative estimate of drug-likeness (QED) is 0.686. The van der Waals surface area contributed by atoms with Gasteiger partial charge in [-0.3, -0.25) is 14.5 Å². The van der Waals surface area contributed by atoms with Crippen LogP contribution in [-0.4, -0.2) is 59.0 Å². The van der Waals surface area contributed by atoms with Crippen molar-refractivity contribution in [2.45, 2.75) is 31.3 Å². The van der Waals surface area contributed by atoms with Gasteiger partial charge in [-0.05, 0) is 25.8 Å². The highest BCUT2D eigenvalue weighted by Crippen LogP contribution is 2.25. The Bertz CT molecular complexity index is 292. The number of nitrogens with zero attached hydrogens (tertiary/aromatic N) is 2. The number of hydrogen-bond acceptors (Lipinski definition) is 3. The smallest absolute Gasteiger partial charge is 0.320 e. The molecule has 0 radical (unpaired) electrons. The molecule has 0 aromatic heterocycles. The van der Waals surface area contributed by atoms with Crippen molar-refractivity contribution in [3.05, 3.63) is 0 Å². The molecule has 2 unspecified atom stereocenters. The fourth-order valence-corrected chi connectivity index (χ4v) is 2.54. The first-order valence-electron chi connectivity index (χ1n) is 5.35. The van der Waals surface area contributed by atoms with Crippen LogP contribution in [-0.2, 0) is 9.59 Å². The Kier molecular flexibility index (Phi) is 2.65. The zero-order chi connectivity index (χ0) is 11.0. The first kappa shape index (κ1) is 10.4. The van der Waals surface area contributed by atoms with Gasteiger partial charge in [-0.2, -0.15) is 0 Å². The minimum absolute atomic E-state index is 0.0724. The second-order valence-corrected chi connectivity index (χ2v) is 4.30. The lowest BCUT2D eigenvalue weighted by molar-refractivity contribution is -0.144. The van der Waals surface area contributed by atoms with Crippen molar-refractivity contribution in [2.24, 2.45) is 0 Å². The van der Waals surface area contributed by atoms with Gasteiger partial charge in [-0.25, -0.2) is 0 Å². The van der Waals surface area contributed by atoms with Crippen molar-refractivity contribution >= 4 is 11.9 Å². The van der Waals surface area contributed by atoms with Crippen LogP contribution in [0.5, 0.6) is 0 Å².